The largest absolute Gasteiger partial charge is 0.370 e. The number of hydrogen-bond donors (Lipinski definition) is 1. The number of piperidine rings is 1. The molecule has 1 aromatic heterocycles. The molecule has 0 unspecified atom stereocenters. The van der Waals surface area contributed by atoms with Gasteiger partial charge >= 0.3 is 0 Å². The summed E-state index contributed by atoms with van der Waals surface area (Å²) in [5.74, 6) is -0.354. The van der Waals surface area contributed by atoms with Crippen LogP contribution in [0, 0.1) is 5.82 Å². The lowest BCUT2D eigenvalue weighted by Crippen LogP contribution is -2.44. The van der Waals surface area contributed by atoms with Crippen molar-refractivity contribution in [2.24, 2.45) is 0 Å². The van der Waals surface area contributed by atoms with Gasteiger partial charge in [-0.3, -0.25) is 14.7 Å². The summed E-state index contributed by atoms with van der Waals surface area (Å²) in [6, 6.07) is 17.9. The van der Waals surface area contributed by atoms with Gasteiger partial charge in [-0.2, -0.15) is 0 Å². The average Bonchev–Trinajstić information content (AvgIpc) is 3.28. The van der Waals surface area contributed by atoms with Crippen molar-refractivity contribution in [3.8, 4) is 11.1 Å². The Labute approximate surface area is 200 Å². The lowest BCUT2D eigenvalue weighted by molar-refractivity contribution is -0.0764. The van der Waals surface area contributed by atoms with E-state index in [1.807, 2.05) is 42.7 Å². The Kier molecular flexibility index (Phi) is 6.70. The van der Waals surface area contributed by atoms with E-state index in [4.69, 9.17) is 4.74 Å². The predicted molar refractivity (Wildman–Crippen MR) is 130 cm³/mol. The molecule has 5 nitrogen and oxygen atoms in total. The van der Waals surface area contributed by atoms with Gasteiger partial charge in [0.05, 0.1) is 11.7 Å². The maximum atomic E-state index is 13.1. The van der Waals surface area contributed by atoms with E-state index >= 15 is 0 Å². The average molecular weight is 460 g/mol. The number of pyridine rings is 1. The number of nitrogens with zero attached hydrogens (tertiary/aromatic N) is 2. The Morgan fingerprint density at radius 2 is 1.74 bits per heavy atom. The molecule has 1 N–H and O–H groups in total. The Hall–Kier alpha value is -3.09. The van der Waals surface area contributed by atoms with Gasteiger partial charge in [-0.1, -0.05) is 30.3 Å². The standard InChI is InChI=1S/C28H30FN3O2/c29-25-9-7-23(8-10-25)22-3-5-24(6-4-22)27(33)31-19-26-11-12-28(34-26)13-16-32(17-14-28)20-21-2-1-15-30-18-21/h1-10,15,18,26H,11-14,16-17,19-20H2,(H,31,33)/t26-/m0/s1. The number of ether oxygens (including phenoxy) is 1. The minimum Gasteiger partial charge on any atom is -0.370 e. The fourth-order valence-corrected chi connectivity index (χ4v) is 5.04. The van der Waals surface area contributed by atoms with Crippen molar-refractivity contribution < 1.29 is 13.9 Å². The number of amides is 1. The van der Waals surface area contributed by atoms with E-state index < -0.39 is 0 Å². The van der Waals surface area contributed by atoms with Gasteiger partial charge in [-0.05, 0) is 72.7 Å². The van der Waals surface area contributed by atoms with Crippen LogP contribution in [0.5, 0.6) is 0 Å². The van der Waals surface area contributed by atoms with Crippen LogP contribution in [0.1, 0.15) is 41.6 Å². The second-order valence-electron chi connectivity index (χ2n) is 9.39. The maximum Gasteiger partial charge on any atom is 0.251 e. The van der Waals surface area contributed by atoms with Crippen LogP contribution in [0.15, 0.2) is 73.1 Å². The monoisotopic (exact) mass is 459 g/mol. The lowest BCUT2D eigenvalue weighted by Gasteiger charge is -2.39. The molecule has 0 saturated carbocycles. The highest BCUT2D eigenvalue weighted by Crippen LogP contribution is 2.39. The third-order valence-corrected chi connectivity index (χ3v) is 7.05. The predicted octanol–water partition coefficient (Wildman–Crippen LogP) is 4.83. The molecule has 3 heterocycles. The maximum absolute atomic E-state index is 13.1. The number of hydrogen-bond acceptors (Lipinski definition) is 4. The van der Waals surface area contributed by atoms with Crippen molar-refractivity contribution in [1.82, 2.24) is 15.2 Å². The highest BCUT2D eigenvalue weighted by Gasteiger charge is 2.42. The van der Waals surface area contributed by atoms with Crippen LogP contribution in [0.4, 0.5) is 4.39 Å². The zero-order chi connectivity index (χ0) is 23.4. The van der Waals surface area contributed by atoms with E-state index in [-0.39, 0.29) is 23.4 Å². The Balaban J connectivity index is 1.08. The first-order valence-electron chi connectivity index (χ1n) is 12.0. The van der Waals surface area contributed by atoms with E-state index in [1.54, 1.807) is 12.1 Å². The van der Waals surface area contributed by atoms with Crippen molar-refractivity contribution in [2.75, 3.05) is 19.6 Å². The van der Waals surface area contributed by atoms with Crippen molar-refractivity contribution in [1.29, 1.82) is 0 Å². The number of nitrogens with one attached hydrogen (secondary N) is 1. The molecule has 3 aromatic rings. The van der Waals surface area contributed by atoms with Gasteiger partial charge in [0, 0.05) is 44.1 Å². The van der Waals surface area contributed by atoms with E-state index in [0.717, 1.165) is 56.4 Å². The molecule has 176 valence electrons. The van der Waals surface area contributed by atoms with Crippen molar-refractivity contribution in [2.45, 2.75) is 43.9 Å². The molecule has 0 bridgehead atoms. The molecule has 0 aliphatic carbocycles. The van der Waals surface area contributed by atoms with E-state index in [0.29, 0.717) is 12.1 Å². The molecular formula is C28H30FN3O2. The summed E-state index contributed by atoms with van der Waals surface area (Å²) in [6.07, 6.45) is 7.90. The highest BCUT2D eigenvalue weighted by atomic mass is 19.1. The van der Waals surface area contributed by atoms with Gasteiger partial charge in [0.1, 0.15) is 5.82 Å². The van der Waals surface area contributed by atoms with E-state index in [1.165, 1.54) is 17.7 Å². The number of aromatic nitrogens is 1. The zero-order valence-electron chi connectivity index (χ0n) is 19.3. The zero-order valence-corrected chi connectivity index (χ0v) is 19.3. The fraction of sp³-hybridized carbons (Fsp3) is 0.357. The molecule has 0 radical (unpaired) electrons. The summed E-state index contributed by atoms with van der Waals surface area (Å²) in [6.45, 7) is 3.51. The minimum atomic E-state index is -0.258. The van der Waals surface area contributed by atoms with Crippen LogP contribution in [0.3, 0.4) is 0 Å². The van der Waals surface area contributed by atoms with Gasteiger partial charge in [-0.15, -0.1) is 0 Å². The molecular weight excluding hydrogens is 429 g/mol. The highest BCUT2D eigenvalue weighted by molar-refractivity contribution is 5.94. The Morgan fingerprint density at radius 3 is 2.41 bits per heavy atom. The SMILES string of the molecule is O=C(NC[C@@H]1CCC2(CCN(Cc3cccnc3)CC2)O1)c1ccc(-c2ccc(F)cc2)cc1. The molecule has 1 amide bonds. The molecule has 1 atom stereocenters. The van der Waals surface area contributed by atoms with Gasteiger partial charge in [0.25, 0.3) is 5.91 Å². The molecule has 2 aliphatic rings. The summed E-state index contributed by atoms with van der Waals surface area (Å²) in [5.41, 5.74) is 3.69. The number of carbonyl (C=O) groups excluding carboxylic acids is 1. The normalized spacial score (nSPS) is 19.9. The first kappa shape index (κ1) is 22.7. The first-order valence-corrected chi connectivity index (χ1v) is 12.0. The Morgan fingerprint density at radius 1 is 1.03 bits per heavy atom. The summed E-state index contributed by atoms with van der Waals surface area (Å²) in [4.78, 5) is 19.3. The number of benzene rings is 2. The number of halogens is 1. The van der Waals surface area contributed by atoms with Gasteiger partial charge < -0.3 is 10.1 Å². The molecule has 5 rings (SSSR count). The van der Waals surface area contributed by atoms with E-state index in [2.05, 4.69) is 21.3 Å². The van der Waals surface area contributed by atoms with Crippen molar-refractivity contribution >= 4 is 5.91 Å². The molecule has 2 saturated heterocycles. The quantitative estimate of drug-likeness (QED) is 0.574. The lowest BCUT2D eigenvalue weighted by atomic mass is 9.88. The van der Waals surface area contributed by atoms with Gasteiger partial charge in [0.15, 0.2) is 0 Å². The summed E-state index contributed by atoms with van der Waals surface area (Å²) < 4.78 is 19.6. The van der Waals surface area contributed by atoms with Crippen molar-refractivity contribution in [3.05, 3.63) is 90.0 Å². The number of rotatable bonds is 6. The van der Waals surface area contributed by atoms with Gasteiger partial charge in [-0.25, -0.2) is 4.39 Å². The van der Waals surface area contributed by atoms with Crippen LogP contribution in [0.25, 0.3) is 11.1 Å². The van der Waals surface area contributed by atoms with Crippen LogP contribution >= 0.6 is 0 Å². The molecule has 1 spiro atoms. The molecule has 34 heavy (non-hydrogen) atoms. The van der Waals surface area contributed by atoms with E-state index in [9.17, 15) is 9.18 Å². The van der Waals surface area contributed by atoms with Crippen LogP contribution in [-0.4, -0.2) is 47.1 Å². The first-order chi connectivity index (χ1) is 16.6. The number of likely N-dealkylation sites (tertiary alicyclic amines) is 1. The molecule has 2 fully saturated rings. The fourth-order valence-electron chi connectivity index (χ4n) is 5.04. The van der Waals surface area contributed by atoms with Gasteiger partial charge in [0.2, 0.25) is 0 Å². The topological polar surface area (TPSA) is 54.5 Å². The summed E-state index contributed by atoms with van der Waals surface area (Å²) in [7, 11) is 0. The molecule has 2 aromatic carbocycles. The summed E-state index contributed by atoms with van der Waals surface area (Å²) >= 11 is 0. The molecule has 6 heteroatoms. The Bertz CT molecular complexity index is 1090. The minimum absolute atomic E-state index is 0.0440. The van der Waals surface area contributed by atoms with Crippen LogP contribution in [0.2, 0.25) is 0 Å². The third-order valence-electron chi connectivity index (χ3n) is 7.05. The third kappa shape index (κ3) is 5.34. The smallest absolute Gasteiger partial charge is 0.251 e. The second-order valence-corrected chi connectivity index (χ2v) is 9.39. The summed E-state index contributed by atoms with van der Waals surface area (Å²) in [5, 5.41) is 3.04. The van der Waals surface area contributed by atoms with Crippen molar-refractivity contribution in [3.63, 3.8) is 0 Å². The number of carbonyl (C=O) groups is 1. The van der Waals surface area contributed by atoms with Crippen LogP contribution in [-0.2, 0) is 11.3 Å². The second kappa shape index (κ2) is 10.0. The van der Waals surface area contributed by atoms with Crippen LogP contribution < -0.4 is 5.32 Å². The molecule has 2 aliphatic heterocycles.